The van der Waals surface area contributed by atoms with E-state index in [0.29, 0.717) is 0 Å². The molecule has 1 rings (SSSR count). The number of aliphatic hydroxyl groups is 1. The molecule has 0 radical (unpaired) electrons. The Morgan fingerprint density at radius 2 is 2.11 bits per heavy atom. The van der Waals surface area contributed by atoms with Gasteiger partial charge in [-0.05, 0) is 31.0 Å². The van der Waals surface area contributed by atoms with E-state index in [1.165, 1.54) is 5.56 Å². The van der Waals surface area contributed by atoms with Gasteiger partial charge >= 0.3 is 0 Å². The second kappa shape index (κ2) is 7.67. The molecule has 0 spiro atoms. The number of aliphatic hydroxyl groups excluding tert-OH is 1. The quantitative estimate of drug-likeness (QED) is 0.796. The van der Waals surface area contributed by atoms with Gasteiger partial charge in [-0.25, -0.2) is 0 Å². The molecule has 0 aliphatic carbocycles. The van der Waals surface area contributed by atoms with E-state index in [0.717, 1.165) is 18.5 Å². The molecule has 0 aromatic heterocycles. The van der Waals surface area contributed by atoms with Gasteiger partial charge in [0.25, 0.3) is 0 Å². The number of hydrogen-bond donors (Lipinski definition) is 2. The molecule has 0 fully saturated rings. The molecule has 0 aliphatic heterocycles. The predicted molar refractivity (Wildman–Crippen MR) is 76.9 cm³/mol. The monoisotopic (exact) mass is 269 g/mol. The summed E-state index contributed by atoms with van der Waals surface area (Å²) in [4.78, 5) is 0. The van der Waals surface area contributed by atoms with Crippen molar-refractivity contribution in [3.05, 3.63) is 35.4 Å². The molecule has 3 nitrogen and oxygen atoms in total. The van der Waals surface area contributed by atoms with Crippen LogP contribution in [0.3, 0.4) is 0 Å². The van der Waals surface area contributed by atoms with Crippen molar-refractivity contribution in [3.63, 3.8) is 0 Å². The maximum Gasteiger partial charge on any atom is 0.0681 e. The molecule has 3 atom stereocenters. The summed E-state index contributed by atoms with van der Waals surface area (Å²) in [5, 5.41) is 12.7. The van der Waals surface area contributed by atoms with Crippen LogP contribution < -0.4 is 5.32 Å². The van der Waals surface area contributed by atoms with Gasteiger partial charge in [0.2, 0.25) is 0 Å². The normalized spacial score (nSPS) is 16.2. The van der Waals surface area contributed by atoms with Crippen molar-refractivity contribution in [2.75, 3.05) is 12.8 Å². The van der Waals surface area contributed by atoms with Crippen LogP contribution in [0.1, 0.15) is 37.4 Å². The molecule has 18 heavy (non-hydrogen) atoms. The van der Waals surface area contributed by atoms with Crippen LogP contribution in [-0.4, -0.2) is 27.4 Å². The van der Waals surface area contributed by atoms with Crippen LogP contribution in [0, 0.1) is 0 Å². The van der Waals surface area contributed by atoms with Crippen LogP contribution in [0.4, 0.5) is 0 Å². The largest absolute Gasteiger partial charge is 0.392 e. The maximum atomic E-state index is 11.2. The SMILES string of the molecule is CC(NCCC(C)S(C)=O)c1cccc(CO)c1. The summed E-state index contributed by atoms with van der Waals surface area (Å²) in [6.07, 6.45) is 2.66. The minimum absolute atomic E-state index is 0.0758. The van der Waals surface area contributed by atoms with Crippen molar-refractivity contribution in [1.82, 2.24) is 5.32 Å². The van der Waals surface area contributed by atoms with Gasteiger partial charge in [0.15, 0.2) is 0 Å². The standard InChI is InChI=1S/C14H23NO2S/c1-11(18(3)17)7-8-15-12(2)14-6-4-5-13(9-14)10-16/h4-6,9,11-12,15-16H,7-8,10H2,1-3H3. The van der Waals surface area contributed by atoms with Gasteiger partial charge in [0.05, 0.1) is 6.61 Å². The molecule has 0 bridgehead atoms. The van der Waals surface area contributed by atoms with Gasteiger partial charge in [0, 0.05) is 28.3 Å². The Morgan fingerprint density at radius 1 is 1.39 bits per heavy atom. The second-order valence-electron chi connectivity index (χ2n) is 4.68. The molecule has 0 saturated carbocycles. The number of nitrogens with one attached hydrogen (secondary N) is 1. The molecule has 0 aliphatic rings. The average molecular weight is 269 g/mol. The Morgan fingerprint density at radius 3 is 2.72 bits per heavy atom. The highest BCUT2D eigenvalue weighted by molar-refractivity contribution is 7.84. The topological polar surface area (TPSA) is 49.3 Å². The zero-order valence-electron chi connectivity index (χ0n) is 11.3. The molecule has 2 N–H and O–H groups in total. The van der Waals surface area contributed by atoms with E-state index in [4.69, 9.17) is 5.11 Å². The molecule has 1 aromatic carbocycles. The van der Waals surface area contributed by atoms with E-state index in [9.17, 15) is 4.21 Å². The van der Waals surface area contributed by atoms with Crippen LogP contribution in [-0.2, 0) is 17.4 Å². The molecular weight excluding hydrogens is 246 g/mol. The van der Waals surface area contributed by atoms with E-state index >= 15 is 0 Å². The lowest BCUT2D eigenvalue weighted by Crippen LogP contribution is -2.24. The number of benzene rings is 1. The van der Waals surface area contributed by atoms with Gasteiger partial charge in [-0.3, -0.25) is 4.21 Å². The summed E-state index contributed by atoms with van der Waals surface area (Å²) in [5.74, 6) is 0. The first-order valence-electron chi connectivity index (χ1n) is 6.30. The fourth-order valence-electron chi connectivity index (χ4n) is 1.75. The zero-order chi connectivity index (χ0) is 13.5. The lowest BCUT2D eigenvalue weighted by molar-refractivity contribution is 0.281. The number of hydrogen-bond acceptors (Lipinski definition) is 3. The van der Waals surface area contributed by atoms with E-state index in [2.05, 4.69) is 18.3 Å². The zero-order valence-corrected chi connectivity index (χ0v) is 12.2. The maximum absolute atomic E-state index is 11.2. The van der Waals surface area contributed by atoms with Gasteiger partial charge in [-0.15, -0.1) is 0 Å². The molecule has 1 aromatic rings. The van der Waals surface area contributed by atoms with E-state index < -0.39 is 10.8 Å². The summed E-state index contributed by atoms with van der Waals surface area (Å²) < 4.78 is 11.2. The average Bonchev–Trinajstić information content (AvgIpc) is 2.38. The third-order valence-corrected chi connectivity index (χ3v) is 4.57. The molecular formula is C14H23NO2S. The van der Waals surface area contributed by atoms with Crippen LogP contribution >= 0.6 is 0 Å². The highest BCUT2D eigenvalue weighted by Gasteiger charge is 2.08. The van der Waals surface area contributed by atoms with Gasteiger partial charge in [-0.2, -0.15) is 0 Å². The molecule has 0 saturated heterocycles. The fraction of sp³-hybridized carbons (Fsp3) is 0.571. The Kier molecular flexibility index (Phi) is 6.54. The Hall–Kier alpha value is -0.710. The molecule has 4 heteroatoms. The van der Waals surface area contributed by atoms with Crippen molar-refractivity contribution in [2.45, 2.75) is 38.2 Å². The summed E-state index contributed by atoms with van der Waals surface area (Å²) >= 11 is 0. The third-order valence-electron chi connectivity index (χ3n) is 3.20. The first-order chi connectivity index (χ1) is 8.54. The number of rotatable bonds is 7. The van der Waals surface area contributed by atoms with Crippen molar-refractivity contribution in [3.8, 4) is 0 Å². The van der Waals surface area contributed by atoms with Crippen molar-refractivity contribution >= 4 is 10.8 Å². The third kappa shape index (κ3) is 4.88. The molecule has 102 valence electrons. The highest BCUT2D eigenvalue weighted by Crippen LogP contribution is 2.14. The van der Waals surface area contributed by atoms with E-state index in [1.807, 2.05) is 25.1 Å². The first-order valence-corrected chi connectivity index (χ1v) is 7.92. The minimum Gasteiger partial charge on any atom is -0.392 e. The van der Waals surface area contributed by atoms with Crippen molar-refractivity contribution < 1.29 is 9.32 Å². The van der Waals surface area contributed by atoms with Crippen LogP contribution in [0.5, 0.6) is 0 Å². The fourth-order valence-corrected chi connectivity index (χ4v) is 2.20. The van der Waals surface area contributed by atoms with Crippen LogP contribution in [0.2, 0.25) is 0 Å². The summed E-state index contributed by atoms with van der Waals surface area (Å²) in [7, 11) is -0.748. The van der Waals surface area contributed by atoms with Gasteiger partial charge < -0.3 is 10.4 Å². The summed E-state index contributed by atoms with van der Waals surface area (Å²) in [6.45, 7) is 5.04. The minimum atomic E-state index is -0.748. The summed E-state index contributed by atoms with van der Waals surface area (Å²) in [5.41, 5.74) is 2.11. The lowest BCUT2D eigenvalue weighted by Gasteiger charge is -2.16. The van der Waals surface area contributed by atoms with Crippen molar-refractivity contribution in [2.24, 2.45) is 0 Å². The van der Waals surface area contributed by atoms with Gasteiger partial charge in [0.1, 0.15) is 0 Å². The Bertz CT molecular complexity index is 395. The highest BCUT2D eigenvalue weighted by atomic mass is 32.2. The van der Waals surface area contributed by atoms with Crippen LogP contribution in [0.15, 0.2) is 24.3 Å². The van der Waals surface area contributed by atoms with E-state index in [-0.39, 0.29) is 17.9 Å². The lowest BCUT2D eigenvalue weighted by atomic mass is 10.1. The molecule has 3 unspecified atom stereocenters. The second-order valence-corrected chi connectivity index (χ2v) is 6.48. The van der Waals surface area contributed by atoms with E-state index in [1.54, 1.807) is 6.26 Å². The Labute approximate surface area is 112 Å². The predicted octanol–water partition coefficient (Wildman–Crippen LogP) is 1.99. The smallest absolute Gasteiger partial charge is 0.0681 e. The Balaban J connectivity index is 2.44. The summed E-state index contributed by atoms with van der Waals surface area (Å²) in [6, 6.07) is 8.19. The molecule has 0 amide bonds. The molecule has 0 heterocycles. The van der Waals surface area contributed by atoms with Gasteiger partial charge in [-0.1, -0.05) is 31.2 Å². The first kappa shape index (κ1) is 15.3. The van der Waals surface area contributed by atoms with Crippen LogP contribution in [0.25, 0.3) is 0 Å². The van der Waals surface area contributed by atoms with Crippen molar-refractivity contribution in [1.29, 1.82) is 0 Å².